The molecule has 1 amide bonds. The van der Waals surface area contributed by atoms with Gasteiger partial charge in [0.25, 0.3) is 0 Å². The van der Waals surface area contributed by atoms with Crippen molar-refractivity contribution < 1.29 is 26.4 Å². The first kappa shape index (κ1) is 33.5. The molecule has 0 aromatic heterocycles. The Bertz CT molecular complexity index is 522. The van der Waals surface area contributed by atoms with Gasteiger partial charge in [0, 0.05) is 6.42 Å². The van der Waals surface area contributed by atoms with Gasteiger partial charge < -0.3 is 9.80 Å². The molecule has 0 spiro atoms. The van der Waals surface area contributed by atoms with Crippen LogP contribution >= 0.6 is 0 Å². The minimum Gasteiger partial charge on any atom is -0.350 e. The Balaban J connectivity index is 0. The van der Waals surface area contributed by atoms with Gasteiger partial charge in [-0.2, -0.15) is 8.42 Å². The van der Waals surface area contributed by atoms with Crippen LogP contribution in [0.1, 0.15) is 111 Å². The molecule has 0 aromatic rings. The molecule has 0 rings (SSSR count). The van der Waals surface area contributed by atoms with Gasteiger partial charge in [-0.1, -0.05) is 84.0 Å². The van der Waals surface area contributed by atoms with E-state index in [-0.39, 0.29) is 5.91 Å². The number of rotatable bonds is 20. The van der Waals surface area contributed by atoms with Crippen LogP contribution in [-0.4, -0.2) is 63.7 Å². The van der Waals surface area contributed by atoms with Gasteiger partial charge in [0.15, 0.2) is 0 Å². The molecule has 0 fully saturated rings. The molecule has 8 heteroatoms. The van der Waals surface area contributed by atoms with Gasteiger partial charge in [0.2, 0.25) is 5.91 Å². The van der Waals surface area contributed by atoms with Gasteiger partial charge in [-0.25, -0.2) is 0 Å². The summed E-state index contributed by atoms with van der Waals surface area (Å²) in [5.41, 5.74) is 0. The van der Waals surface area contributed by atoms with E-state index >= 15 is 0 Å². The number of hydrogen-bond acceptors (Lipinski definition) is 4. The van der Waals surface area contributed by atoms with Gasteiger partial charge in [-0.15, -0.1) is 0 Å². The van der Waals surface area contributed by atoms with Gasteiger partial charge >= 0.3 is 10.4 Å². The van der Waals surface area contributed by atoms with E-state index in [2.05, 4.69) is 37.3 Å². The molecule has 0 aliphatic heterocycles. The highest BCUT2D eigenvalue weighted by Gasteiger charge is 2.15. The van der Waals surface area contributed by atoms with Crippen LogP contribution < -0.4 is 5.32 Å². The van der Waals surface area contributed by atoms with Crippen molar-refractivity contribution in [3.05, 3.63) is 0 Å². The third-order valence-electron chi connectivity index (χ3n) is 6.22. The number of unbranched alkanes of at least 4 members (excludes halogenated alkanes) is 12. The lowest BCUT2D eigenvalue weighted by molar-refractivity contribution is -0.904. The average Bonchev–Trinajstić information content (AvgIpc) is 2.76. The molecular weight excluding hydrogens is 428 g/mol. The summed E-state index contributed by atoms with van der Waals surface area (Å²) in [6, 6.07) is 0. The Morgan fingerprint density at radius 2 is 1.19 bits per heavy atom. The molecule has 0 aliphatic carbocycles. The van der Waals surface area contributed by atoms with Crippen LogP contribution in [0.25, 0.3) is 0 Å². The summed E-state index contributed by atoms with van der Waals surface area (Å²) in [5, 5.41) is 3.10. The van der Waals surface area contributed by atoms with E-state index in [1.165, 1.54) is 77.0 Å². The number of hydrogen-bond donors (Lipinski definition) is 2. The number of carbonyl (C=O) groups excluding carboxylic acids is 1. The number of amides is 1. The topological polar surface area (TPSA) is 92.7 Å². The fraction of sp³-hybridized carbons (Fsp3) is 0.958. The number of likely N-dealkylation sites (N-methyl/N-ethyl adjacent to an activating group) is 1. The predicted molar refractivity (Wildman–Crippen MR) is 134 cm³/mol. The first-order valence-corrected chi connectivity index (χ1v) is 14.1. The molecule has 2 N–H and O–H groups in total. The third kappa shape index (κ3) is 25.6. The summed E-state index contributed by atoms with van der Waals surface area (Å²) in [7, 11) is -1.03. The highest BCUT2D eigenvalue weighted by Crippen LogP contribution is 2.12. The van der Waals surface area contributed by atoms with Crippen LogP contribution in [0, 0.1) is 0 Å². The van der Waals surface area contributed by atoms with E-state index < -0.39 is 10.4 Å². The van der Waals surface area contributed by atoms with Crippen LogP contribution in [-0.2, 0) is 19.4 Å². The molecule has 194 valence electrons. The van der Waals surface area contributed by atoms with E-state index in [1.54, 1.807) is 0 Å². The zero-order valence-corrected chi connectivity index (χ0v) is 22.5. The second kappa shape index (κ2) is 22.1. The summed E-state index contributed by atoms with van der Waals surface area (Å²) >= 11 is 0. The highest BCUT2D eigenvalue weighted by molar-refractivity contribution is 7.80. The molecule has 0 radical (unpaired) electrons. The molecule has 32 heavy (non-hydrogen) atoms. The Hall–Kier alpha value is -0.700. The molecule has 0 bridgehead atoms. The minimum atomic E-state index is -4.16. The van der Waals surface area contributed by atoms with Gasteiger partial charge in [-0.3, -0.25) is 13.5 Å². The van der Waals surface area contributed by atoms with Gasteiger partial charge in [0.05, 0.1) is 40.3 Å². The SMILES string of the molecule is CCCCCCCCCCCCCCCC(=O)NCC[N+](C)(CC)CC.COS(=O)(=O)O. The van der Waals surface area contributed by atoms with Crippen molar-refractivity contribution >= 4 is 16.3 Å². The molecule has 0 saturated carbocycles. The van der Waals surface area contributed by atoms with E-state index in [9.17, 15) is 13.2 Å². The van der Waals surface area contributed by atoms with Crippen LogP contribution in [0.4, 0.5) is 0 Å². The summed E-state index contributed by atoms with van der Waals surface area (Å²) in [6.07, 6.45) is 18.3. The van der Waals surface area contributed by atoms with E-state index in [0.29, 0.717) is 6.42 Å². The number of nitrogens with zero attached hydrogens (tertiary/aromatic N) is 1. The van der Waals surface area contributed by atoms with Crippen LogP contribution in [0.2, 0.25) is 0 Å². The molecule has 0 unspecified atom stereocenters. The zero-order chi connectivity index (χ0) is 24.7. The highest BCUT2D eigenvalue weighted by atomic mass is 32.3. The quantitative estimate of drug-likeness (QED) is 0.136. The van der Waals surface area contributed by atoms with E-state index in [4.69, 9.17) is 4.55 Å². The summed E-state index contributed by atoms with van der Waals surface area (Å²) in [5.74, 6) is 0.242. The smallest absolute Gasteiger partial charge is 0.350 e. The Labute approximate surface area is 199 Å². The van der Waals surface area contributed by atoms with Crippen molar-refractivity contribution in [2.75, 3.05) is 40.3 Å². The number of carbonyl (C=O) groups is 1. The fourth-order valence-corrected chi connectivity index (χ4v) is 3.40. The Morgan fingerprint density at radius 3 is 1.53 bits per heavy atom. The Morgan fingerprint density at radius 1 is 0.812 bits per heavy atom. The Kier molecular flexibility index (Phi) is 23.1. The first-order chi connectivity index (χ1) is 15.1. The molecule has 0 aliphatic rings. The predicted octanol–water partition coefficient (Wildman–Crippen LogP) is 5.51. The molecule has 7 nitrogen and oxygen atoms in total. The van der Waals surface area contributed by atoms with Crippen molar-refractivity contribution in [3.63, 3.8) is 0 Å². The van der Waals surface area contributed by atoms with Crippen LogP contribution in [0.3, 0.4) is 0 Å². The maximum Gasteiger partial charge on any atom is 0.397 e. The molecule has 0 atom stereocenters. The standard InChI is InChI=1S/C23H48N2O.CH4O4S/c1-5-8-9-10-11-12-13-14-15-16-17-18-19-20-23(26)24-21-22-25(4,6-2)7-3;1-5-6(2,3)4/h5-22H2,1-4H3;1H3,(H,2,3,4)/p+1. The lowest BCUT2D eigenvalue weighted by Crippen LogP contribution is -2.48. The first-order valence-electron chi connectivity index (χ1n) is 12.8. The minimum absolute atomic E-state index is 0.242. The van der Waals surface area contributed by atoms with Gasteiger partial charge in [-0.05, 0) is 20.3 Å². The second-order valence-corrected chi connectivity index (χ2v) is 10.1. The van der Waals surface area contributed by atoms with Crippen molar-refractivity contribution in [2.45, 2.75) is 111 Å². The second-order valence-electron chi connectivity index (χ2n) is 8.91. The molecule has 0 heterocycles. The summed E-state index contributed by atoms with van der Waals surface area (Å²) < 4.78 is 30.7. The summed E-state index contributed by atoms with van der Waals surface area (Å²) in [4.78, 5) is 11.9. The zero-order valence-electron chi connectivity index (χ0n) is 21.7. The molecule has 0 aromatic carbocycles. The molecular formula is C24H53N2O5S+. The third-order valence-corrected chi connectivity index (χ3v) is 6.64. The number of quaternary nitrogens is 1. The van der Waals surface area contributed by atoms with E-state index in [0.717, 1.165) is 44.2 Å². The van der Waals surface area contributed by atoms with Gasteiger partial charge in [0.1, 0.15) is 0 Å². The van der Waals surface area contributed by atoms with Crippen LogP contribution in [0.15, 0.2) is 0 Å². The normalized spacial score (nSPS) is 11.7. The van der Waals surface area contributed by atoms with Crippen molar-refractivity contribution in [1.82, 2.24) is 5.32 Å². The van der Waals surface area contributed by atoms with Crippen molar-refractivity contribution in [3.8, 4) is 0 Å². The largest absolute Gasteiger partial charge is 0.397 e. The average molecular weight is 482 g/mol. The van der Waals surface area contributed by atoms with Crippen molar-refractivity contribution in [2.24, 2.45) is 0 Å². The monoisotopic (exact) mass is 481 g/mol. The summed E-state index contributed by atoms with van der Waals surface area (Å²) in [6.45, 7) is 10.8. The van der Waals surface area contributed by atoms with E-state index in [1.807, 2.05) is 0 Å². The fourth-order valence-electron chi connectivity index (χ4n) is 3.40. The number of nitrogens with one attached hydrogen (secondary N) is 1. The van der Waals surface area contributed by atoms with Crippen molar-refractivity contribution in [1.29, 1.82) is 0 Å². The maximum absolute atomic E-state index is 11.9. The lowest BCUT2D eigenvalue weighted by atomic mass is 10.0. The maximum atomic E-state index is 11.9. The van der Waals surface area contributed by atoms with Crippen LogP contribution in [0.5, 0.6) is 0 Å². The molecule has 0 saturated heterocycles. The lowest BCUT2D eigenvalue weighted by Gasteiger charge is -2.32.